The van der Waals surface area contributed by atoms with Crippen LogP contribution in [-0.2, 0) is 6.18 Å². The molecule has 0 amide bonds. The topological polar surface area (TPSA) is 28.2 Å². The van der Waals surface area contributed by atoms with Crippen LogP contribution in [-0.4, -0.2) is 30.2 Å². The average molecular weight is 257 g/mol. The van der Waals surface area contributed by atoms with Crippen molar-refractivity contribution in [3.05, 3.63) is 23.9 Å². The molecule has 98 valence electrons. The summed E-state index contributed by atoms with van der Waals surface area (Å²) >= 11 is 0. The van der Waals surface area contributed by atoms with Gasteiger partial charge in [-0.3, -0.25) is 0 Å². The summed E-state index contributed by atoms with van der Waals surface area (Å²) in [4.78, 5) is 6.07. The Balaban J connectivity index is 1.90. The molecular weight excluding hydrogens is 243 g/mol. The number of hydrogen-bond acceptors (Lipinski definition) is 3. The van der Waals surface area contributed by atoms with E-state index in [2.05, 4.69) is 17.2 Å². The summed E-state index contributed by atoms with van der Waals surface area (Å²) in [5, 5.41) is 3.36. The van der Waals surface area contributed by atoms with Gasteiger partial charge in [0.1, 0.15) is 5.82 Å². The van der Waals surface area contributed by atoms with Gasteiger partial charge in [0.15, 0.2) is 0 Å². The standard InChI is InChI=1S/C12H14F3N3/c1-7-9-6-18(10(7)5-17-9)11-4-8(2-3-16-11)12(13,14)15/h2-4,7,9-10,17H,5-6H2,1H3/t7?,9-,10-/m0/s1. The second-order valence-corrected chi connectivity index (χ2v) is 4.99. The van der Waals surface area contributed by atoms with Crippen LogP contribution in [0.4, 0.5) is 19.0 Å². The Morgan fingerprint density at radius 1 is 1.44 bits per heavy atom. The Morgan fingerprint density at radius 2 is 2.22 bits per heavy atom. The lowest BCUT2D eigenvalue weighted by Crippen LogP contribution is -2.44. The zero-order valence-electron chi connectivity index (χ0n) is 9.91. The summed E-state index contributed by atoms with van der Waals surface area (Å²) in [6.45, 7) is 3.69. The van der Waals surface area contributed by atoms with Crippen molar-refractivity contribution in [2.75, 3.05) is 18.0 Å². The summed E-state index contributed by atoms with van der Waals surface area (Å²) in [5.74, 6) is 0.895. The highest BCUT2D eigenvalue weighted by Crippen LogP contribution is 2.35. The lowest BCUT2D eigenvalue weighted by Gasteiger charge is -2.29. The Labute approximate surface area is 103 Å². The van der Waals surface area contributed by atoms with Gasteiger partial charge in [-0.05, 0) is 18.1 Å². The Morgan fingerprint density at radius 3 is 2.78 bits per heavy atom. The van der Waals surface area contributed by atoms with E-state index in [9.17, 15) is 13.2 Å². The highest BCUT2D eigenvalue weighted by atomic mass is 19.4. The summed E-state index contributed by atoms with van der Waals surface area (Å²) < 4.78 is 38.0. The second kappa shape index (κ2) is 3.85. The highest BCUT2D eigenvalue weighted by molar-refractivity contribution is 5.46. The first-order chi connectivity index (χ1) is 8.47. The smallest absolute Gasteiger partial charge is 0.350 e. The number of fused-ring (bicyclic) bond motifs is 2. The van der Waals surface area contributed by atoms with Gasteiger partial charge in [-0.15, -0.1) is 0 Å². The molecule has 3 nitrogen and oxygen atoms in total. The van der Waals surface area contributed by atoms with E-state index in [1.807, 2.05) is 4.90 Å². The van der Waals surface area contributed by atoms with E-state index < -0.39 is 11.7 Å². The van der Waals surface area contributed by atoms with Gasteiger partial charge in [0.25, 0.3) is 0 Å². The molecule has 1 N–H and O–H groups in total. The molecule has 2 fully saturated rings. The van der Waals surface area contributed by atoms with Crippen LogP contribution in [0.15, 0.2) is 18.3 Å². The number of pyridine rings is 1. The van der Waals surface area contributed by atoms with Crippen molar-refractivity contribution >= 4 is 5.82 Å². The van der Waals surface area contributed by atoms with Gasteiger partial charge >= 0.3 is 6.18 Å². The number of rotatable bonds is 1. The van der Waals surface area contributed by atoms with Gasteiger partial charge in [0.05, 0.1) is 5.56 Å². The normalized spacial score (nSPS) is 31.1. The summed E-state index contributed by atoms with van der Waals surface area (Å²) in [6.07, 6.45) is -3.07. The lowest BCUT2D eigenvalue weighted by molar-refractivity contribution is -0.137. The van der Waals surface area contributed by atoms with Crippen LogP contribution in [0.5, 0.6) is 0 Å². The van der Waals surface area contributed by atoms with E-state index in [4.69, 9.17) is 0 Å². The van der Waals surface area contributed by atoms with Crippen LogP contribution in [0.2, 0.25) is 0 Å². The van der Waals surface area contributed by atoms with Crippen LogP contribution in [0.25, 0.3) is 0 Å². The molecule has 3 heterocycles. The maximum atomic E-state index is 12.7. The Hall–Kier alpha value is -1.30. The first kappa shape index (κ1) is 11.8. The van der Waals surface area contributed by atoms with Crippen molar-refractivity contribution in [2.45, 2.75) is 25.2 Å². The summed E-state index contributed by atoms with van der Waals surface area (Å²) in [6, 6.07) is 2.78. The molecule has 2 saturated heterocycles. The maximum Gasteiger partial charge on any atom is 0.416 e. The molecule has 2 aliphatic heterocycles. The predicted octanol–water partition coefficient (Wildman–Crippen LogP) is 1.90. The predicted molar refractivity (Wildman–Crippen MR) is 61.3 cm³/mol. The molecule has 1 aromatic rings. The van der Waals surface area contributed by atoms with Gasteiger partial charge < -0.3 is 10.2 Å². The number of nitrogens with zero attached hydrogens (tertiary/aromatic N) is 2. The Bertz CT molecular complexity index is 460. The first-order valence-corrected chi connectivity index (χ1v) is 6.00. The molecule has 0 saturated carbocycles. The zero-order chi connectivity index (χ0) is 12.9. The molecule has 18 heavy (non-hydrogen) atoms. The van der Waals surface area contributed by atoms with Crippen molar-refractivity contribution in [2.24, 2.45) is 5.92 Å². The number of hydrogen-bond donors (Lipinski definition) is 1. The SMILES string of the molecule is CC1[C@@H]2CN(c3cc(C(F)(F)F)ccn3)[C@H]1CN2. The fourth-order valence-corrected chi connectivity index (χ4v) is 2.90. The fourth-order valence-electron chi connectivity index (χ4n) is 2.90. The molecule has 2 bridgehead atoms. The largest absolute Gasteiger partial charge is 0.416 e. The van der Waals surface area contributed by atoms with Crippen LogP contribution in [0.1, 0.15) is 12.5 Å². The average Bonchev–Trinajstić information content (AvgIpc) is 2.84. The Kier molecular flexibility index (Phi) is 2.52. The van der Waals surface area contributed by atoms with Crippen molar-refractivity contribution < 1.29 is 13.2 Å². The quantitative estimate of drug-likeness (QED) is 0.832. The second-order valence-electron chi connectivity index (χ2n) is 4.99. The molecule has 2 aliphatic rings. The van der Waals surface area contributed by atoms with Crippen LogP contribution in [0, 0.1) is 5.92 Å². The van der Waals surface area contributed by atoms with E-state index in [0.29, 0.717) is 17.8 Å². The molecule has 3 atom stereocenters. The van der Waals surface area contributed by atoms with Gasteiger partial charge in [-0.1, -0.05) is 6.92 Å². The minimum absolute atomic E-state index is 0.256. The number of halogens is 3. The van der Waals surface area contributed by atoms with E-state index in [1.165, 1.54) is 6.20 Å². The van der Waals surface area contributed by atoms with Gasteiger partial charge in [0, 0.05) is 31.4 Å². The first-order valence-electron chi connectivity index (χ1n) is 6.00. The number of anilines is 1. The van der Waals surface area contributed by atoms with Crippen molar-refractivity contribution in [3.8, 4) is 0 Å². The number of alkyl halides is 3. The monoisotopic (exact) mass is 257 g/mol. The van der Waals surface area contributed by atoms with Crippen LogP contribution < -0.4 is 10.2 Å². The third kappa shape index (κ3) is 1.75. The number of piperazine rings is 1. The zero-order valence-corrected chi connectivity index (χ0v) is 9.91. The van der Waals surface area contributed by atoms with Crippen LogP contribution >= 0.6 is 0 Å². The molecule has 6 heteroatoms. The molecule has 1 unspecified atom stereocenters. The molecule has 0 spiro atoms. The van der Waals surface area contributed by atoms with E-state index in [0.717, 1.165) is 25.2 Å². The minimum Gasteiger partial charge on any atom is -0.350 e. The molecule has 1 aromatic heterocycles. The minimum atomic E-state index is -4.31. The molecule has 3 rings (SSSR count). The molecular formula is C12H14F3N3. The van der Waals surface area contributed by atoms with Gasteiger partial charge in [-0.2, -0.15) is 13.2 Å². The number of aromatic nitrogens is 1. The third-order valence-electron chi connectivity index (χ3n) is 3.99. The van der Waals surface area contributed by atoms with Crippen molar-refractivity contribution in [3.63, 3.8) is 0 Å². The van der Waals surface area contributed by atoms with Crippen LogP contribution in [0.3, 0.4) is 0 Å². The lowest BCUT2D eigenvalue weighted by atomic mass is 10.0. The molecule has 0 aliphatic carbocycles. The van der Waals surface area contributed by atoms with Crippen molar-refractivity contribution in [1.29, 1.82) is 0 Å². The van der Waals surface area contributed by atoms with E-state index in [1.54, 1.807) is 0 Å². The maximum absolute atomic E-state index is 12.7. The summed E-state index contributed by atoms with van der Waals surface area (Å²) in [5.41, 5.74) is -0.629. The third-order valence-corrected chi connectivity index (χ3v) is 3.99. The van der Waals surface area contributed by atoms with Gasteiger partial charge in [-0.25, -0.2) is 4.98 Å². The van der Waals surface area contributed by atoms with E-state index in [-0.39, 0.29) is 6.04 Å². The highest BCUT2D eigenvalue weighted by Gasteiger charge is 2.45. The molecule has 0 aromatic carbocycles. The van der Waals surface area contributed by atoms with Crippen molar-refractivity contribution in [1.82, 2.24) is 10.3 Å². The fraction of sp³-hybridized carbons (Fsp3) is 0.583. The summed E-state index contributed by atoms with van der Waals surface area (Å²) in [7, 11) is 0. The van der Waals surface area contributed by atoms with E-state index >= 15 is 0 Å². The number of nitrogens with one attached hydrogen (secondary N) is 1. The molecule has 0 radical (unpaired) electrons. The van der Waals surface area contributed by atoms with Gasteiger partial charge in [0.2, 0.25) is 0 Å².